The number of hydrogen-bond donors (Lipinski definition) is 0. The molecule has 2 heterocycles. The molecule has 13 heavy (non-hydrogen) atoms. The van der Waals surface area contributed by atoms with Crippen LogP contribution in [-0.2, 0) is 0 Å². The van der Waals surface area contributed by atoms with Gasteiger partial charge in [0.25, 0.3) is 0 Å². The van der Waals surface area contributed by atoms with Gasteiger partial charge in [0, 0.05) is 0 Å². The highest BCUT2D eigenvalue weighted by atomic mass is 32.2. The molecule has 0 aliphatic rings. The van der Waals surface area contributed by atoms with Crippen molar-refractivity contribution < 1.29 is 0 Å². The summed E-state index contributed by atoms with van der Waals surface area (Å²) >= 11 is 1.46. The minimum Gasteiger partial charge on any atom is -0.230 e. The molecule has 0 fully saturated rings. The van der Waals surface area contributed by atoms with Crippen LogP contribution in [0.15, 0.2) is 17.7 Å². The topological polar surface area (TPSA) is 66.9 Å². The number of thioether (sulfide) groups is 1. The van der Waals surface area contributed by atoms with Gasteiger partial charge in [0.05, 0.1) is 6.20 Å². The van der Waals surface area contributed by atoms with Gasteiger partial charge in [0.15, 0.2) is 10.8 Å². The lowest BCUT2D eigenvalue weighted by Crippen LogP contribution is -1.97. The first-order valence-corrected chi connectivity index (χ1v) is 4.72. The quantitative estimate of drug-likeness (QED) is 0.490. The third-order valence-electron chi connectivity index (χ3n) is 1.58. The fourth-order valence-electron chi connectivity index (χ4n) is 1.02. The molecule has 0 saturated heterocycles. The lowest BCUT2D eigenvalue weighted by molar-refractivity contribution is 0.793. The van der Waals surface area contributed by atoms with Gasteiger partial charge in [-0.15, -0.1) is 0 Å². The maximum absolute atomic E-state index is 8.74. The van der Waals surface area contributed by atoms with E-state index in [1.807, 2.05) is 12.3 Å². The third kappa shape index (κ3) is 1.13. The van der Waals surface area contributed by atoms with Crippen LogP contribution in [0, 0.1) is 11.3 Å². The van der Waals surface area contributed by atoms with Gasteiger partial charge in [-0.1, -0.05) is 11.8 Å². The first-order chi connectivity index (χ1) is 6.36. The Morgan fingerprint density at radius 2 is 2.38 bits per heavy atom. The van der Waals surface area contributed by atoms with E-state index in [0.717, 1.165) is 5.16 Å². The van der Waals surface area contributed by atoms with E-state index in [9.17, 15) is 0 Å². The second-order valence-electron chi connectivity index (χ2n) is 2.27. The van der Waals surface area contributed by atoms with Crippen molar-refractivity contribution in [1.82, 2.24) is 19.6 Å². The Kier molecular flexibility index (Phi) is 1.87. The van der Waals surface area contributed by atoms with Gasteiger partial charge < -0.3 is 0 Å². The number of rotatable bonds is 1. The van der Waals surface area contributed by atoms with E-state index >= 15 is 0 Å². The van der Waals surface area contributed by atoms with E-state index in [2.05, 4.69) is 15.1 Å². The third-order valence-corrected chi connectivity index (χ3v) is 2.22. The normalized spacial score (nSPS) is 10.2. The van der Waals surface area contributed by atoms with E-state index in [1.54, 1.807) is 4.52 Å². The summed E-state index contributed by atoms with van der Waals surface area (Å²) in [6.45, 7) is 0. The fourth-order valence-corrected chi connectivity index (χ4v) is 1.48. The molecule has 64 valence electrons. The molecule has 0 unspecified atom stereocenters. The van der Waals surface area contributed by atoms with Crippen molar-refractivity contribution in [2.75, 3.05) is 6.26 Å². The number of nitrogens with zero attached hydrogens (tertiary/aromatic N) is 5. The lowest BCUT2D eigenvalue weighted by Gasteiger charge is -1.98. The Labute approximate surface area is 78.4 Å². The van der Waals surface area contributed by atoms with Crippen LogP contribution in [0.25, 0.3) is 5.65 Å². The Balaban J connectivity index is 2.83. The molecule has 5 nitrogen and oxygen atoms in total. The summed E-state index contributed by atoms with van der Waals surface area (Å²) in [5.41, 5.74) is 0.997. The number of nitriles is 1. The summed E-state index contributed by atoms with van der Waals surface area (Å²) < 4.78 is 1.56. The average Bonchev–Trinajstić information content (AvgIpc) is 2.64. The molecule has 0 saturated carbocycles. The molecule has 6 heteroatoms. The van der Waals surface area contributed by atoms with Gasteiger partial charge in [-0.3, -0.25) is 0 Å². The molecule has 2 rings (SSSR count). The van der Waals surface area contributed by atoms with E-state index < -0.39 is 0 Å². The van der Waals surface area contributed by atoms with Gasteiger partial charge in [0.1, 0.15) is 18.0 Å². The summed E-state index contributed by atoms with van der Waals surface area (Å²) in [6.07, 6.45) is 4.82. The average molecular weight is 191 g/mol. The zero-order valence-corrected chi connectivity index (χ0v) is 7.62. The molecule has 0 aromatic carbocycles. The Morgan fingerprint density at radius 1 is 1.54 bits per heavy atom. The Morgan fingerprint density at radius 3 is 3.08 bits per heavy atom. The van der Waals surface area contributed by atoms with Gasteiger partial charge >= 0.3 is 0 Å². The second-order valence-corrected chi connectivity index (χ2v) is 3.04. The maximum atomic E-state index is 8.74. The van der Waals surface area contributed by atoms with Crippen molar-refractivity contribution in [3.8, 4) is 6.07 Å². The van der Waals surface area contributed by atoms with Gasteiger partial charge in [0.2, 0.25) is 0 Å². The minimum atomic E-state index is 0.440. The van der Waals surface area contributed by atoms with E-state index in [-0.39, 0.29) is 0 Å². The van der Waals surface area contributed by atoms with Crippen LogP contribution in [0.4, 0.5) is 0 Å². The molecule has 0 spiro atoms. The van der Waals surface area contributed by atoms with Crippen LogP contribution in [0.2, 0.25) is 0 Å². The predicted octanol–water partition coefficient (Wildman–Crippen LogP) is 0.718. The highest BCUT2D eigenvalue weighted by Gasteiger charge is 2.07. The van der Waals surface area contributed by atoms with E-state index in [0.29, 0.717) is 11.2 Å². The Bertz CT molecular complexity index is 483. The largest absolute Gasteiger partial charge is 0.230 e. The van der Waals surface area contributed by atoms with Crippen molar-refractivity contribution >= 4 is 17.4 Å². The van der Waals surface area contributed by atoms with Crippen molar-refractivity contribution in [2.24, 2.45) is 0 Å². The predicted molar refractivity (Wildman–Crippen MR) is 47.3 cm³/mol. The Hall–Kier alpha value is -1.61. The second kappa shape index (κ2) is 3.03. The van der Waals surface area contributed by atoms with Crippen LogP contribution in [0.5, 0.6) is 0 Å². The number of fused-ring (bicyclic) bond motifs is 1. The molecule has 0 atom stereocenters. The minimum absolute atomic E-state index is 0.440. The van der Waals surface area contributed by atoms with Crippen LogP contribution < -0.4 is 0 Å². The molecular weight excluding hydrogens is 186 g/mol. The van der Waals surface area contributed by atoms with E-state index in [4.69, 9.17) is 5.26 Å². The summed E-state index contributed by atoms with van der Waals surface area (Å²) in [7, 11) is 0. The monoisotopic (exact) mass is 191 g/mol. The number of aromatic nitrogens is 4. The molecular formula is C7H5N5S. The summed E-state index contributed by atoms with van der Waals surface area (Å²) in [4.78, 5) is 8.04. The fraction of sp³-hybridized carbons (Fsp3) is 0.143. The molecule has 0 bridgehead atoms. The molecule has 0 aliphatic heterocycles. The SMILES string of the molecule is CSc1ncc(C#N)c2ncnn12. The summed E-state index contributed by atoms with van der Waals surface area (Å²) in [5.74, 6) is 0. The van der Waals surface area contributed by atoms with Gasteiger partial charge in [-0.25, -0.2) is 9.97 Å². The van der Waals surface area contributed by atoms with E-state index in [1.165, 1.54) is 24.3 Å². The summed E-state index contributed by atoms with van der Waals surface area (Å²) in [6, 6.07) is 2.01. The first kappa shape index (κ1) is 8.01. The van der Waals surface area contributed by atoms with Crippen molar-refractivity contribution in [3.05, 3.63) is 18.1 Å². The van der Waals surface area contributed by atoms with Gasteiger partial charge in [-0.05, 0) is 6.26 Å². The molecule has 0 N–H and O–H groups in total. The molecule has 0 aliphatic carbocycles. The highest BCUT2D eigenvalue weighted by molar-refractivity contribution is 7.98. The van der Waals surface area contributed by atoms with Crippen LogP contribution in [0.3, 0.4) is 0 Å². The van der Waals surface area contributed by atoms with Gasteiger partial charge in [-0.2, -0.15) is 14.9 Å². The highest BCUT2D eigenvalue weighted by Crippen LogP contribution is 2.14. The summed E-state index contributed by atoms with van der Waals surface area (Å²) in [5, 5.41) is 13.4. The van der Waals surface area contributed by atoms with Crippen molar-refractivity contribution in [1.29, 1.82) is 5.26 Å². The standard InChI is InChI=1S/C7H5N5S/c1-13-7-9-3-5(2-8)6-10-4-11-12(6)7/h3-4H,1H3. The van der Waals surface area contributed by atoms with Crippen LogP contribution in [-0.4, -0.2) is 25.8 Å². The van der Waals surface area contributed by atoms with Crippen molar-refractivity contribution in [2.45, 2.75) is 5.16 Å². The molecule has 2 aromatic heterocycles. The van der Waals surface area contributed by atoms with Crippen LogP contribution in [0.1, 0.15) is 5.56 Å². The smallest absolute Gasteiger partial charge is 0.190 e. The first-order valence-electron chi connectivity index (χ1n) is 3.49. The lowest BCUT2D eigenvalue weighted by atomic mass is 10.4. The molecule has 0 radical (unpaired) electrons. The molecule has 0 amide bonds. The zero-order chi connectivity index (χ0) is 9.26. The zero-order valence-electron chi connectivity index (χ0n) is 6.80. The van der Waals surface area contributed by atoms with Crippen molar-refractivity contribution in [3.63, 3.8) is 0 Å². The molecule has 2 aromatic rings. The number of hydrogen-bond acceptors (Lipinski definition) is 5. The van der Waals surface area contributed by atoms with Crippen LogP contribution >= 0.6 is 11.8 Å². The maximum Gasteiger partial charge on any atom is 0.190 e.